The highest BCUT2D eigenvalue weighted by molar-refractivity contribution is 7.15. The predicted molar refractivity (Wildman–Crippen MR) is 66.9 cm³/mol. The Kier molecular flexibility index (Phi) is 4.06. The van der Waals surface area contributed by atoms with Crippen molar-refractivity contribution in [2.24, 2.45) is 0 Å². The number of hydrogen-bond donors (Lipinski definition) is 1. The minimum atomic E-state index is -0.343. The molecule has 0 saturated carbocycles. The van der Waals surface area contributed by atoms with Gasteiger partial charge in [-0.2, -0.15) is 0 Å². The highest BCUT2D eigenvalue weighted by Gasteiger charge is 2.14. The molecule has 17 heavy (non-hydrogen) atoms. The molecular formula is C10H16N4O2S. The van der Waals surface area contributed by atoms with Gasteiger partial charge in [0.25, 0.3) is 0 Å². The second-order valence-electron chi connectivity index (χ2n) is 4.12. The van der Waals surface area contributed by atoms with E-state index in [1.165, 1.54) is 11.3 Å². The van der Waals surface area contributed by atoms with Gasteiger partial charge in [-0.25, -0.2) is 10.4 Å². The molecule has 1 aromatic heterocycles. The van der Waals surface area contributed by atoms with Crippen molar-refractivity contribution >= 4 is 16.3 Å². The number of nitro groups is 1. The first-order valence-corrected chi connectivity index (χ1v) is 6.37. The Hall–Kier alpha value is -1.02. The summed E-state index contributed by atoms with van der Waals surface area (Å²) in [5, 5.41) is 12.9. The molecule has 0 aliphatic carbocycles. The molecule has 6 nitrogen and oxygen atoms in total. The van der Waals surface area contributed by atoms with Gasteiger partial charge in [0.2, 0.25) is 0 Å². The molecule has 0 amide bonds. The fourth-order valence-electron chi connectivity index (χ4n) is 1.71. The lowest BCUT2D eigenvalue weighted by molar-refractivity contribution is -0.380. The number of nitrogens with zero attached hydrogens (tertiary/aromatic N) is 3. The first-order chi connectivity index (χ1) is 8.15. The van der Waals surface area contributed by atoms with Gasteiger partial charge in [0.05, 0.1) is 4.92 Å². The van der Waals surface area contributed by atoms with Gasteiger partial charge in [-0.05, 0) is 13.1 Å². The maximum Gasteiger partial charge on any atom is 0.324 e. The van der Waals surface area contributed by atoms with Crippen LogP contribution in [-0.2, 0) is 6.54 Å². The van der Waals surface area contributed by atoms with E-state index in [0.717, 1.165) is 31.1 Å². The highest BCUT2D eigenvalue weighted by atomic mass is 32.1. The fraction of sp³-hybridized carbons (Fsp3) is 0.600. The van der Waals surface area contributed by atoms with Crippen molar-refractivity contribution in [3.8, 4) is 0 Å². The van der Waals surface area contributed by atoms with Crippen LogP contribution in [0.1, 0.15) is 4.88 Å². The first-order valence-electron chi connectivity index (χ1n) is 5.55. The molecule has 1 aliphatic rings. The van der Waals surface area contributed by atoms with E-state index in [9.17, 15) is 10.1 Å². The van der Waals surface area contributed by atoms with Crippen molar-refractivity contribution in [3.63, 3.8) is 0 Å². The monoisotopic (exact) mass is 256 g/mol. The van der Waals surface area contributed by atoms with E-state index in [2.05, 4.69) is 22.4 Å². The third-order valence-electron chi connectivity index (χ3n) is 2.81. The van der Waals surface area contributed by atoms with Crippen LogP contribution in [0.4, 0.5) is 5.00 Å². The zero-order valence-electron chi connectivity index (χ0n) is 9.76. The van der Waals surface area contributed by atoms with E-state index in [4.69, 9.17) is 0 Å². The molecule has 1 saturated heterocycles. The number of rotatable bonds is 4. The molecule has 94 valence electrons. The molecular weight excluding hydrogens is 240 g/mol. The lowest BCUT2D eigenvalue weighted by Gasteiger charge is -2.32. The largest absolute Gasteiger partial charge is 0.324 e. The van der Waals surface area contributed by atoms with Crippen LogP contribution in [-0.4, -0.2) is 48.1 Å². The lowest BCUT2D eigenvalue weighted by atomic mass is 10.4. The summed E-state index contributed by atoms with van der Waals surface area (Å²) in [7, 11) is 2.11. The smallest absolute Gasteiger partial charge is 0.304 e. The Morgan fingerprint density at radius 3 is 2.71 bits per heavy atom. The van der Waals surface area contributed by atoms with Crippen molar-refractivity contribution in [2.45, 2.75) is 6.54 Å². The molecule has 2 heterocycles. The Morgan fingerprint density at radius 1 is 1.41 bits per heavy atom. The van der Waals surface area contributed by atoms with Crippen molar-refractivity contribution in [2.75, 3.05) is 33.2 Å². The third kappa shape index (κ3) is 3.47. The summed E-state index contributed by atoms with van der Waals surface area (Å²) in [5.41, 5.74) is 3.31. The Labute approximate surface area is 104 Å². The Balaban J connectivity index is 1.79. The molecule has 0 spiro atoms. The average Bonchev–Trinajstić information content (AvgIpc) is 2.77. The summed E-state index contributed by atoms with van der Waals surface area (Å²) in [6, 6.07) is 3.37. The zero-order chi connectivity index (χ0) is 12.3. The highest BCUT2D eigenvalue weighted by Crippen LogP contribution is 2.23. The fourth-order valence-corrected chi connectivity index (χ4v) is 2.47. The summed E-state index contributed by atoms with van der Waals surface area (Å²) < 4.78 is 0. The summed E-state index contributed by atoms with van der Waals surface area (Å²) in [4.78, 5) is 13.5. The molecule has 0 aromatic carbocycles. The average molecular weight is 256 g/mol. The second-order valence-corrected chi connectivity index (χ2v) is 5.27. The first kappa shape index (κ1) is 12.4. The van der Waals surface area contributed by atoms with Crippen LogP contribution in [0.3, 0.4) is 0 Å². The molecule has 2 rings (SSSR count). The topological polar surface area (TPSA) is 61.6 Å². The van der Waals surface area contributed by atoms with E-state index < -0.39 is 0 Å². The number of likely N-dealkylation sites (N-methyl/N-ethyl adjacent to an activating group) is 1. The van der Waals surface area contributed by atoms with Crippen LogP contribution in [0.2, 0.25) is 0 Å². The summed E-state index contributed by atoms with van der Waals surface area (Å²) in [6.45, 7) is 4.76. The second kappa shape index (κ2) is 5.54. The van der Waals surface area contributed by atoms with E-state index >= 15 is 0 Å². The summed E-state index contributed by atoms with van der Waals surface area (Å²) in [6.07, 6.45) is 0. The van der Waals surface area contributed by atoms with Gasteiger partial charge in [0.1, 0.15) is 0 Å². The normalized spacial score (nSPS) is 18.4. The van der Waals surface area contributed by atoms with E-state index in [-0.39, 0.29) is 9.92 Å². The number of piperazine rings is 1. The van der Waals surface area contributed by atoms with Crippen molar-refractivity contribution in [3.05, 3.63) is 27.1 Å². The SMILES string of the molecule is CN1CCN(NCc2ccc([N+](=O)[O-])s2)CC1. The molecule has 0 unspecified atom stereocenters. The third-order valence-corrected chi connectivity index (χ3v) is 3.84. The number of thiophene rings is 1. The van der Waals surface area contributed by atoms with Crippen LogP contribution >= 0.6 is 11.3 Å². The molecule has 0 atom stereocenters. The summed E-state index contributed by atoms with van der Waals surface area (Å²) >= 11 is 1.23. The zero-order valence-corrected chi connectivity index (χ0v) is 10.6. The standard InChI is InChI=1S/C10H16N4O2S/c1-12-4-6-13(7-5-12)11-8-9-2-3-10(17-9)14(15)16/h2-3,11H,4-8H2,1H3. The molecule has 0 radical (unpaired) electrons. The molecule has 1 N–H and O–H groups in total. The van der Waals surface area contributed by atoms with Crippen molar-refractivity contribution < 1.29 is 4.92 Å². The van der Waals surface area contributed by atoms with Gasteiger partial charge >= 0.3 is 5.00 Å². The minimum absolute atomic E-state index is 0.208. The van der Waals surface area contributed by atoms with Gasteiger partial charge in [-0.15, -0.1) is 0 Å². The van der Waals surface area contributed by atoms with Crippen molar-refractivity contribution in [1.82, 2.24) is 15.3 Å². The molecule has 1 aromatic rings. The molecule has 0 bridgehead atoms. The van der Waals surface area contributed by atoms with Gasteiger partial charge in [-0.1, -0.05) is 11.3 Å². The van der Waals surface area contributed by atoms with Crippen LogP contribution in [0.15, 0.2) is 12.1 Å². The Bertz CT molecular complexity index is 387. The van der Waals surface area contributed by atoms with Gasteiger partial charge in [0.15, 0.2) is 0 Å². The van der Waals surface area contributed by atoms with Gasteiger partial charge in [-0.3, -0.25) is 10.1 Å². The van der Waals surface area contributed by atoms with Crippen LogP contribution in [0, 0.1) is 10.1 Å². The van der Waals surface area contributed by atoms with Gasteiger partial charge in [0, 0.05) is 43.7 Å². The number of nitrogens with one attached hydrogen (secondary N) is 1. The predicted octanol–water partition coefficient (Wildman–Crippen LogP) is 0.908. The van der Waals surface area contributed by atoms with Crippen molar-refractivity contribution in [1.29, 1.82) is 0 Å². The molecule has 1 aliphatic heterocycles. The van der Waals surface area contributed by atoms with Gasteiger partial charge < -0.3 is 4.90 Å². The van der Waals surface area contributed by atoms with E-state index in [1.807, 2.05) is 6.07 Å². The van der Waals surface area contributed by atoms with E-state index in [1.54, 1.807) is 6.07 Å². The summed E-state index contributed by atoms with van der Waals surface area (Å²) in [5.74, 6) is 0. The molecule has 1 fully saturated rings. The van der Waals surface area contributed by atoms with Crippen LogP contribution < -0.4 is 5.43 Å². The maximum absolute atomic E-state index is 10.5. The Morgan fingerprint density at radius 2 is 2.12 bits per heavy atom. The molecule has 7 heteroatoms. The van der Waals surface area contributed by atoms with Crippen LogP contribution in [0.5, 0.6) is 0 Å². The lowest BCUT2D eigenvalue weighted by Crippen LogP contribution is -2.50. The number of hydrazine groups is 1. The maximum atomic E-state index is 10.5. The van der Waals surface area contributed by atoms with E-state index in [0.29, 0.717) is 6.54 Å². The number of hydrogen-bond acceptors (Lipinski definition) is 6. The van der Waals surface area contributed by atoms with Crippen LogP contribution in [0.25, 0.3) is 0 Å². The quantitative estimate of drug-likeness (QED) is 0.641. The minimum Gasteiger partial charge on any atom is -0.304 e.